The molecule has 0 spiro atoms. The topological polar surface area (TPSA) is 49.3 Å². The van der Waals surface area contributed by atoms with Crippen molar-refractivity contribution in [2.75, 3.05) is 13.6 Å². The van der Waals surface area contributed by atoms with Crippen LogP contribution in [0.3, 0.4) is 0 Å². The first kappa shape index (κ1) is 13.0. The molecule has 0 aliphatic carbocycles. The fourth-order valence-electron chi connectivity index (χ4n) is 1.18. The quantitative estimate of drug-likeness (QED) is 0.623. The predicted molar refractivity (Wildman–Crippen MR) is 69.9 cm³/mol. The first-order valence-electron chi connectivity index (χ1n) is 5.47. The molecule has 2 N–H and O–H groups in total. The van der Waals surface area contributed by atoms with Crippen LogP contribution in [0.5, 0.6) is 0 Å². The van der Waals surface area contributed by atoms with Crippen LogP contribution >= 0.6 is 11.3 Å². The third-order valence-corrected chi connectivity index (χ3v) is 3.10. The van der Waals surface area contributed by atoms with E-state index in [-0.39, 0.29) is 0 Å². The third-order valence-electron chi connectivity index (χ3n) is 2.16. The molecule has 4 nitrogen and oxygen atoms in total. The highest BCUT2D eigenvalue weighted by atomic mass is 32.1. The summed E-state index contributed by atoms with van der Waals surface area (Å²) in [4.78, 5) is 9.64. The van der Waals surface area contributed by atoms with Crippen LogP contribution in [-0.4, -0.2) is 24.5 Å². The Kier molecular flexibility index (Phi) is 5.25. The lowest BCUT2D eigenvalue weighted by molar-refractivity contribution is 0.615. The van der Waals surface area contributed by atoms with Gasteiger partial charge in [0.25, 0.3) is 0 Å². The largest absolute Gasteiger partial charge is 0.356 e. The highest BCUT2D eigenvalue weighted by Gasteiger charge is 2.03. The molecule has 0 fully saturated rings. The lowest BCUT2D eigenvalue weighted by Crippen LogP contribution is -2.38. The van der Waals surface area contributed by atoms with Crippen molar-refractivity contribution >= 4 is 17.3 Å². The van der Waals surface area contributed by atoms with Gasteiger partial charge in [0.15, 0.2) is 5.96 Å². The summed E-state index contributed by atoms with van der Waals surface area (Å²) >= 11 is 1.67. The summed E-state index contributed by atoms with van der Waals surface area (Å²) in [7, 11) is 1.79. The maximum absolute atomic E-state index is 4.21. The Labute approximate surface area is 101 Å². The van der Waals surface area contributed by atoms with Gasteiger partial charge >= 0.3 is 0 Å². The number of hydrogen-bond acceptors (Lipinski definition) is 3. The summed E-state index contributed by atoms with van der Waals surface area (Å²) in [6, 6.07) is 0. The average Bonchev–Trinajstić information content (AvgIpc) is 2.64. The average molecular weight is 240 g/mol. The maximum Gasteiger partial charge on any atom is 0.191 e. The van der Waals surface area contributed by atoms with Crippen molar-refractivity contribution in [2.24, 2.45) is 10.9 Å². The summed E-state index contributed by atoms with van der Waals surface area (Å²) in [5.74, 6) is 1.46. The van der Waals surface area contributed by atoms with Crippen LogP contribution in [0.25, 0.3) is 0 Å². The van der Waals surface area contributed by atoms with E-state index in [0.717, 1.165) is 24.7 Å². The Balaban J connectivity index is 2.38. The maximum atomic E-state index is 4.21. The molecule has 0 aromatic carbocycles. The number of rotatable bonds is 4. The second kappa shape index (κ2) is 6.48. The zero-order valence-electron chi connectivity index (χ0n) is 10.4. The van der Waals surface area contributed by atoms with Gasteiger partial charge in [0.05, 0.1) is 17.7 Å². The Morgan fingerprint density at radius 2 is 2.25 bits per heavy atom. The smallest absolute Gasteiger partial charge is 0.191 e. The lowest BCUT2D eigenvalue weighted by atomic mass is 10.2. The van der Waals surface area contributed by atoms with Crippen LogP contribution in [0.4, 0.5) is 0 Å². The van der Waals surface area contributed by atoms with Gasteiger partial charge in [-0.2, -0.15) is 0 Å². The zero-order valence-corrected chi connectivity index (χ0v) is 11.2. The van der Waals surface area contributed by atoms with Crippen molar-refractivity contribution in [3.63, 3.8) is 0 Å². The Hall–Kier alpha value is -1.10. The Morgan fingerprint density at radius 3 is 2.75 bits per heavy atom. The molecule has 0 bridgehead atoms. The molecule has 5 heteroatoms. The molecule has 1 aromatic heterocycles. The van der Waals surface area contributed by atoms with E-state index < -0.39 is 0 Å². The molecule has 16 heavy (non-hydrogen) atoms. The number of nitrogens with one attached hydrogen (secondary N) is 2. The van der Waals surface area contributed by atoms with Gasteiger partial charge in [0.1, 0.15) is 0 Å². The minimum atomic E-state index is 0.615. The van der Waals surface area contributed by atoms with E-state index >= 15 is 0 Å². The van der Waals surface area contributed by atoms with Crippen molar-refractivity contribution in [1.82, 2.24) is 15.6 Å². The fraction of sp³-hybridized carbons (Fsp3) is 0.636. The van der Waals surface area contributed by atoms with Crippen molar-refractivity contribution in [3.8, 4) is 0 Å². The summed E-state index contributed by atoms with van der Waals surface area (Å²) in [6.07, 6.45) is 0. The Morgan fingerprint density at radius 1 is 1.50 bits per heavy atom. The highest BCUT2D eigenvalue weighted by Crippen LogP contribution is 2.10. The van der Waals surface area contributed by atoms with Crippen LogP contribution in [0.1, 0.15) is 24.4 Å². The molecule has 0 saturated carbocycles. The molecule has 0 aliphatic rings. The van der Waals surface area contributed by atoms with Crippen LogP contribution in [0, 0.1) is 12.8 Å². The molecule has 0 aliphatic heterocycles. The van der Waals surface area contributed by atoms with Crippen molar-refractivity contribution in [1.29, 1.82) is 0 Å². The van der Waals surface area contributed by atoms with E-state index in [0.29, 0.717) is 5.92 Å². The highest BCUT2D eigenvalue weighted by molar-refractivity contribution is 7.09. The van der Waals surface area contributed by atoms with E-state index in [9.17, 15) is 0 Å². The number of hydrogen-bond donors (Lipinski definition) is 2. The van der Waals surface area contributed by atoms with Crippen LogP contribution in [0.2, 0.25) is 0 Å². The van der Waals surface area contributed by atoms with Gasteiger partial charge in [-0.1, -0.05) is 13.8 Å². The second-order valence-electron chi connectivity index (χ2n) is 4.06. The van der Waals surface area contributed by atoms with E-state index in [1.165, 1.54) is 4.88 Å². The van der Waals surface area contributed by atoms with E-state index in [1.807, 2.05) is 12.4 Å². The van der Waals surface area contributed by atoms with Crippen molar-refractivity contribution < 1.29 is 0 Å². The standard InChI is InChI=1S/C11H20N4S/c1-8(2)5-13-11(12-4)14-6-10-9(3)15-7-16-10/h7-8H,5-6H2,1-4H3,(H2,12,13,14). The molecule has 0 amide bonds. The normalized spacial score (nSPS) is 11.9. The van der Waals surface area contributed by atoms with Gasteiger partial charge in [-0.25, -0.2) is 4.98 Å². The molecule has 0 unspecified atom stereocenters. The number of aromatic nitrogens is 1. The van der Waals surface area contributed by atoms with Gasteiger partial charge in [-0.15, -0.1) is 11.3 Å². The molecule has 1 heterocycles. The monoisotopic (exact) mass is 240 g/mol. The molecule has 90 valence electrons. The molecular weight excluding hydrogens is 220 g/mol. The summed E-state index contributed by atoms with van der Waals surface area (Å²) < 4.78 is 0. The van der Waals surface area contributed by atoms with Crippen LogP contribution < -0.4 is 10.6 Å². The minimum absolute atomic E-state index is 0.615. The van der Waals surface area contributed by atoms with E-state index in [4.69, 9.17) is 0 Å². The van der Waals surface area contributed by atoms with Gasteiger partial charge in [-0.05, 0) is 12.8 Å². The van der Waals surface area contributed by atoms with Crippen molar-refractivity contribution in [3.05, 3.63) is 16.1 Å². The molecular formula is C11H20N4S. The summed E-state index contributed by atoms with van der Waals surface area (Å²) in [5.41, 5.74) is 2.97. The molecule has 1 aromatic rings. The number of aryl methyl sites for hydroxylation is 1. The fourth-order valence-corrected chi connectivity index (χ4v) is 1.90. The number of nitrogens with zero attached hydrogens (tertiary/aromatic N) is 2. The summed E-state index contributed by atoms with van der Waals surface area (Å²) in [5, 5.41) is 6.55. The SMILES string of the molecule is CN=C(NCc1scnc1C)NCC(C)C. The second-order valence-corrected chi connectivity index (χ2v) is 5.00. The van der Waals surface area contributed by atoms with Crippen LogP contribution in [-0.2, 0) is 6.54 Å². The van der Waals surface area contributed by atoms with Gasteiger partial charge < -0.3 is 10.6 Å². The van der Waals surface area contributed by atoms with Gasteiger partial charge in [0.2, 0.25) is 0 Å². The molecule has 0 radical (unpaired) electrons. The van der Waals surface area contributed by atoms with Crippen LogP contribution in [0.15, 0.2) is 10.5 Å². The number of aliphatic imine (C=N–C) groups is 1. The van der Waals surface area contributed by atoms with Gasteiger partial charge in [0, 0.05) is 18.5 Å². The Bertz CT molecular complexity index is 344. The lowest BCUT2D eigenvalue weighted by Gasteiger charge is -2.12. The first-order chi connectivity index (χ1) is 7.63. The van der Waals surface area contributed by atoms with E-state index in [2.05, 4.69) is 34.5 Å². The molecule has 0 saturated heterocycles. The van der Waals surface area contributed by atoms with Crippen molar-refractivity contribution in [2.45, 2.75) is 27.3 Å². The first-order valence-corrected chi connectivity index (χ1v) is 6.35. The van der Waals surface area contributed by atoms with E-state index in [1.54, 1.807) is 18.4 Å². The third kappa shape index (κ3) is 4.18. The zero-order chi connectivity index (χ0) is 12.0. The number of guanidine groups is 1. The predicted octanol–water partition coefficient (Wildman–Crippen LogP) is 1.77. The summed E-state index contributed by atoms with van der Waals surface area (Å²) in [6.45, 7) is 8.09. The molecule has 0 atom stereocenters. The minimum Gasteiger partial charge on any atom is -0.356 e. The van der Waals surface area contributed by atoms with Gasteiger partial charge in [-0.3, -0.25) is 4.99 Å². The molecule has 1 rings (SSSR count). The number of thiazole rings is 1.